The van der Waals surface area contributed by atoms with E-state index in [4.69, 9.17) is 23.2 Å². The molecule has 3 aromatic heterocycles. The van der Waals surface area contributed by atoms with Crippen molar-refractivity contribution in [2.45, 2.75) is 17.8 Å². The number of thioether (sulfide) groups is 1. The highest BCUT2D eigenvalue weighted by atomic mass is 35.5. The first-order chi connectivity index (χ1) is 13.5. The molecule has 0 saturated heterocycles. The van der Waals surface area contributed by atoms with Crippen LogP contribution in [0.5, 0.6) is 0 Å². The van der Waals surface area contributed by atoms with E-state index in [1.807, 2.05) is 31.2 Å². The maximum atomic E-state index is 12.3. The van der Waals surface area contributed by atoms with Crippen molar-refractivity contribution in [1.29, 1.82) is 0 Å². The zero-order chi connectivity index (χ0) is 19.7. The first-order valence-electron chi connectivity index (χ1n) is 8.02. The van der Waals surface area contributed by atoms with E-state index in [1.54, 1.807) is 16.7 Å². The summed E-state index contributed by atoms with van der Waals surface area (Å²) in [6.45, 7) is 1.99. The molecule has 0 unspecified atom stereocenters. The van der Waals surface area contributed by atoms with Crippen LogP contribution < -0.4 is 5.32 Å². The molecule has 142 valence electrons. The number of fused-ring (bicyclic) bond motifs is 1. The number of amides is 1. The lowest BCUT2D eigenvalue weighted by Crippen LogP contribution is -2.11. The predicted molar refractivity (Wildman–Crippen MR) is 112 cm³/mol. The smallest absolute Gasteiger partial charge is 0.286 e. The highest BCUT2D eigenvalue weighted by molar-refractivity contribution is 7.98. The van der Waals surface area contributed by atoms with Crippen molar-refractivity contribution in [3.05, 3.63) is 62.2 Å². The van der Waals surface area contributed by atoms with Gasteiger partial charge in [0.1, 0.15) is 5.01 Å². The normalized spacial score (nSPS) is 11.1. The van der Waals surface area contributed by atoms with Crippen LogP contribution in [0.25, 0.3) is 5.65 Å². The molecule has 3 heterocycles. The molecule has 0 aliphatic heterocycles. The van der Waals surface area contributed by atoms with Crippen molar-refractivity contribution in [2.75, 3.05) is 5.32 Å². The van der Waals surface area contributed by atoms with Crippen molar-refractivity contribution in [3.8, 4) is 0 Å². The van der Waals surface area contributed by atoms with Crippen LogP contribution in [0.2, 0.25) is 10.0 Å². The van der Waals surface area contributed by atoms with Gasteiger partial charge < -0.3 is 5.32 Å². The summed E-state index contributed by atoms with van der Waals surface area (Å²) in [6, 6.07) is 9.17. The minimum atomic E-state index is -0.288. The minimum absolute atomic E-state index is 0.288. The Morgan fingerprint density at radius 2 is 1.96 bits per heavy atom. The fraction of sp³-hybridized carbons (Fsp3) is 0.118. The van der Waals surface area contributed by atoms with Gasteiger partial charge in [-0.15, -0.1) is 20.4 Å². The molecule has 0 bridgehead atoms. The summed E-state index contributed by atoms with van der Waals surface area (Å²) < 4.78 is 1.72. The molecule has 11 heteroatoms. The molecular weight excluding hydrogens is 439 g/mol. The topological polar surface area (TPSA) is 85.1 Å². The van der Waals surface area contributed by atoms with E-state index in [0.29, 0.717) is 42.3 Å². The van der Waals surface area contributed by atoms with Gasteiger partial charge in [-0.25, -0.2) is 0 Å². The average Bonchev–Trinajstić information content (AvgIpc) is 3.29. The summed E-state index contributed by atoms with van der Waals surface area (Å²) in [5, 5.41) is 21.6. The van der Waals surface area contributed by atoms with Gasteiger partial charge in [0.15, 0.2) is 10.8 Å². The molecule has 0 radical (unpaired) electrons. The summed E-state index contributed by atoms with van der Waals surface area (Å²) in [5.74, 6) is 0.199. The lowest BCUT2D eigenvalue weighted by molar-refractivity contribution is 0.102. The predicted octanol–water partition coefficient (Wildman–Crippen LogP) is 4.74. The van der Waals surface area contributed by atoms with Gasteiger partial charge in [0, 0.05) is 11.9 Å². The number of benzene rings is 1. The van der Waals surface area contributed by atoms with Gasteiger partial charge in [-0.3, -0.25) is 9.20 Å². The van der Waals surface area contributed by atoms with Crippen LogP contribution in [0, 0.1) is 6.92 Å². The Labute approximate surface area is 178 Å². The highest BCUT2D eigenvalue weighted by Crippen LogP contribution is 2.28. The first kappa shape index (κ1) is 19.1. The van der Waals surface area contributed by atoms with Crippen LogP contribution in [0.1, 0.15) is 20.4 Å². The van der Waals surface area contributed by atoms with Crippen molar-refractivity contribution in [1.82, 2.24) is 24.8 Å². The second kappa shape index (κ2) is 8.04. The van der Waals surface area contributed by atoms with Crippen LogP contribution in [-0.2, 0) is 5.75 Å². The Kier molecular flexibility index (Phi) is 5.49. The van der Waals surface area contributed by atoms with Gasteiger partial charge in [0.2, 0.25) is 5.01 Å². The maximum Gasteiger partial charge on any atom is 0.286 e. The Bertz CT molecular complexity index is 1160. The molecule has 4 aromatic rings. The number of hydrogen-bond acceptors (Lipinski definition) is 7. The molecule has 0 fully saturated rings. The molecule has 0 aliphatic rings. The number of aromatic nitrogens is 5. The van der Waals surface area contributed by atoms with Crippen molar-refractivity contribution >= 4 is 63.5 Å². The summed E-state index contributed by atoms with van der Waals surface area (Å²) in [5.41, 5.74) is 2.37. The van der Waals surface area contributed by atoms with Gasteiger partial charge in [-0.1, -0.05) is 64.0 Å². The third-order valence-electron chi connectivity index (χ3n) is 3.69. The lowest BCUT2D eigenvalue weighted by Gasteiger charge is -2.02. The molecule has 1 N–H and O–H groups in total. The largest absolute Gasteiger partial charge is 0.320 e. The highest BCUT2D eigenvalue weighted by Gasteiger charge is 2.15. The molecule has 4 rings (SSSR count). The van der Waals surface area contributed by atoms with Crippen LogP contribution >= 0.6 is 46.3 Å². The molecule has 0 saturated carbocycles. The lowest BCUT2D eigenvalue weighted by atomic mass is 10.2. The summed E-state index contributed by atoms with van der Waals surface area (Å²) >= 11 is 14.8. The Morgan fingerprint density at radius 3 is 2.75 bits per heavy atom. The zero-order valence-electron chi connectivity index (χ0n) is 14.4. The fourth-order valence-electron chi connectivity index (χ4n) is 2.35. The standard InChI is InChI=1S/C17H12Cl2N6OS2/c1-9-2-4-11(5-3-9)20-15(26)16-23-21-13(28-16)8-27-17-24-22-14-12(19)6-10(18)7-25(14)17/h2-7H,8H2,1H3,(H,20,26). The number of carbonyl (C=O) groups excluding carboxylic acids is 1. The number of hydrogen-bond donors (Lipinski definition) is 1. The van der Waals surface area contributed by atoms with E-state index in [0.717, 1.165) is 5.56 Å². The van der Waals surface area contributed by atoms with E-state index in [2.05, 4.69) is 25.7 Å². The van der Waals surface area contributed by atoms with Crippen molar-refractivity contribution in [2.24, 2.45) is 0 Å². The fourth-order valence-corrected chi connectivity index (χ4v) is 4.49. The van der Waals surface area contributed by atoms with E-state index < -0.39 is 0 Å². The first-order valence-corrected chi connectivity index (χ1v) is 10.6. The van der Waals surface area contributed by atoms with E-state index in [-0.39, 0.29) is 5.91 Å². The molecule has 0 spiro atoms. The number of nitrogens with zero attached hydrogens (tertiary/aromatic N) is 5. The van der Waals surface area contributed by atoms with Gasteiger partial charge in [0.05, 0.1) is 15.8 Å². The monoisotopic (exact) mass is 450 g/mol. The SMILES string of the molecule is Cc1ccc(NC(=O)c2nnc(CSc3nnc4c(Cl)cc(Cl)cn34)s2)cc1. The van der Waals surface area contributed by atoms with Gasteiger partial charge in [-0.05, 0) is 25.1 Å². The van der Waals surface area contributed by atoms with Crippen LogP contribution in [-0.4, -0.2) is 30.7 Å². The van der Waals surface area contributed by atoms with Crippen LogP contribution in [0.3, 0.4) is 0 Å². The van der Waals surface area contributed by atoms with Gasteiger partial charge in [-0.2, -0.15) is 0 Å². The van der Waals surface area contributed by atoms with Gasteiger partial charge in [0.25, 0.3) is 5.91 Å². The Balaban J connectivity index is 1.44. The van der Waals surface area contributed by atoms with Crippen LogP contribution in [0.4, 0.5) is 5.69 Å². The van der Waals surface area contributed by atoms with Crippen molar-refractivity contribution < 1.29 is 4.79 Å². The number of halogens is 2. The number of pyridine rings is 1. The van der Waals surface area contributed by atoms with E-state index in [1.165, 1.54) is 23.1 Å². The van der Waals surface area contributed by atoms with E-state index >= 15 is 0 Å². The summed E-state index contributed by atoms with van der Waals surface area (Å²) in [6.07, 6.45) is 1.70. The Morgan fingerprint density at radius 1 is 1.18 bits per heavy atom. The molecule has 1 aromatic carbocycles. The molecule has 7 nitrogen and oxygen atoms in total. The molecular formula is C17H12Cl2N6OS2. The number of aryl methyl sites for hydroxylation is 1. The summed E-state index contributed by atoms with van der Waals surface area (Å²) in [4.78, 5) is 12.3. The zero-order valence-corrected chi connectivity index (χ0v) is 17.5. The quantitative estimate of drug-likeness (QED) is 0.441. The molecule has 0 atom stereocenters. The third kappa shape index (κ3) is 4.12. The maximum absolute atomic E-state index is 12.3. The summed E-state index contributed by atoms with van der Waals surface area (Å²) in [7, 11) is 0. The average molecular weight is 451 g/mol. The molecule has 28 heavy (non-hydrogen) atoms. The second-order valence-corrected chi connectivity index (χ2v) is 8.64. The van der Waals surface area contributed by atoms with Crippen LogP contribution in [0.15, 0.2) is 41.7 Å². The molecule has 1 amide bonds. The van der Waals surface area contributed by atoms with Crippen molar-refractivity contribution in [3.63, 3.8) is 0 Å². The van der Waals surface area contributed by atoms with E-state index in [9.17, 15) is 4.79 Å². The Hall–Kier alpha value is -2.20. The minimum Gasteiger partial charge on any atom is -0.320 e. The number of nitrogens with one attached hydrogen (secondary N) is 1. The number of anilines is 1. The third-order valence-corrected chi connectivity index (χ3v) is 6.23. The number of carbonyl (C=O) groups is 1. The molecule has 0 aliphatic carbocycles. The number of rotatable bonds is 5. The second-order valence-electron chi connectivity index (χ2n) is 5.79. The van der Waals surface area contributed by atoms with Gasteiger partial charge >= 0.3 is 0 Å².